The van der Waals surface area contributed by atoms with Crippen molar-refractivity contribution in [3.63, 3.8) is 0 Å². The van der Waals surface area contributed by atoms with E-state index in [1.54, 1.807) is 24.3 Å². The lowest BCUT2D eigenvalue weighted by molar-refractivity contribution is -0.0377. The molecule has 0 aliphatic carbocycles. The summed E-state index contributed by atoms with van der Waals surface area (Å²) in [6.45, 7) is 1.22. The van der Waals surface area contributed by atoms with Crippen LogP contribution in [0.1, 0.15) is 20.7 Å². The number of imide groups is 1. The van der Waals surface area contributed by atoms with Crippen molar-refractivity contribution < 1.29 is 19.5 Å². The number of carbonyl (C=O) groups is 2. The number of nitrogens with zero attached hydrogens (tertiary/aromatic N) is 2. The first-order valence-corrected chi connectivity index (χ1v) is 6.91. The van der Waals surface area contributed by atoms with Crippen molar-refractivity contribution in [1.29, 1.82) is 0 Å². The molecule has 1 aliphatic heterocycles. The molecule has 1 N–H and O–H groups in total. The molecule has 114 valence electrons. The highest BCUT2D eigenvalue weighted by atomic mass is 16.5. The number of carbonyl (C=O) groups excluding carboxylic acids is 2. The summed E-state index contributed by atoms with van der Waals surface area (Å²) in [6.07, 6.45) is 0. The smallest absolute Gasteiger partial charge is 0.285 e. The Kier molecular flexibility index (Phi) is 3.56. The van der Waals surface area contributed by atoms with Crippen LogP contribution in [0, 0.1) is 0 Å². The van der Waals surface area contributed by atoms with Crippen molar-refractivity contribution in [2.45, 2.75) is 0 Å². The Morgan fingerprint density at radius 2 is 1.86 bits per heavy atom. The van der Waals surface area contributed by atoms with E-state index in [4.69, 9.17) is 4.74 Å². The van der Waals surface area contributed by atoms with Crippen LogP contribution in [0.2, 0.25) is 0 Å². The van der Waals surface area contributed by atoms with Crippen molar-refractivity contribution >= 4 is 22.6 Å². The Labute approximate surface area is 127 Å². The van der Waals surface area contributed by atoms with Crippen LogP contribution in [0.25, 0.3) is 10.8 Å². The largest absolute Gasteiger partial charge is 0.492 e. The maximum atomic E-state index is 12.1. The summed E-state index contributed by atoms with van der Waals surface area (Å²) in [4.78, 5) is 26.1. The zero-order chi connectivity index (χ0) is 15.9. The number of ether oxygens (including phenoxy) is 1. The predicted octanol–water partition coefficient (Wildman–Crippen LogP) is 1.77. The van der Waals surface area contributed by atoms with Crippen LogP contribution < -0.4 is 4.74 Å². The number of hydrogen-bond acceptors (Lipinski definition) is 5. The minimum atomic E-state index is -0.730. The second-order valence-electron chi connectivity index (χ2n) is 5.45. The molecule has 0 saturated heterocycles. The van der Waals surface area contributed by atoms with E-state index in [2.05, 4.69) is 0 Å². The van der Waals surface area contributed by atoms with Gasteiger partial charge in [-0.05, 0) is 37.7 Å². The topological polar surface area (TPSA) is 70.1 Å². The fourth-order valence-corrected chi connectivity index (χ4v) is 2.50. The van der Waals surface area contributed by atoms with Crippen molar-refractivity contribution in [3.8, 4) is 5.75 Å². The van der Waals surface area contributed by atoms with Gasteiger partial charge in [0.25, 0.3) is 11.8 Å². The monoisotopic (exact) mass is 300 g/mol. The molecule has 0 saturated carbocycles. The summed E-state index contributed by atoms with van der Waals surface area (Å²) < 4.78 is 5.66. The molecule has 0 atom stereocenters. The molecule has 1 aliphatic rings. The normalized spacial score (nSPS) is 14.1. The molecule has 0 fully saturated rings. The van der Waals surface area contributed by atoms with Crippen molar-refractivity contribution in [2.24, 2.45) is 0 Å². The molecule has 3 rings (SSSR count). The maximum Gasteiger partial charge on any atom is 0.285 e. The van der Waals surface area contributed by atoms with Gasteiger partial charge in [-0.15, -0.1) is 5.06 Å². The molecule has 0 bridgehead atoms. The van der Waals surface area contributed by atoms with Crippen molar-refractivity contribution in [1.82, 2.24) is 9.96 Å². The molecular weight excluding hydrogens is 284 g/mol. The Balaban J connectivity index is 2.07. The second-order valence-corrected chi connectivity index (χ2v) is 5.45. The lowest BCUT2D eigenvalue weighted by Crippen LogP contribution is -2.37. The summed E-state index contributed by atoms with van der Waals surface area (Å²) in [5.41, 5.74) is 0.587. The number of rotatable bonds is 4. The summed E-state index contributed by atoms with van der Waals surface area (Å²) in [6, 6.07) is 8.49. The highest BCUT2D eigenvalue weighted by Gasteiger charge is 2.32. The first-order valence-electron chi connectivity index (χ1n) is 6.91. The van der Waals surface area contributed by atoms with Crippen LogP contribution >= 0.6 is 0 Å². The number of likely N-dealkylation sites (N-methyl/N-ethyl adjacent to an activating group) is 1. The second kappa shape index (κ2) is 5.40. The van der Waals surface area contributed by atoms with Gasteiger partial charge in [-0.25, -0.2) is 0 Å². The van der Waals surface area contributed by atoms with E-state index in [1.807, 2.05) is 25.1 Å². The van der Waals surface area contributed by atoms with Crippen LogP contribution in [-0.2, 0) is 0 Å². The van der Waals surface area contributed by atoms with Crippen LogP contribution in [0.5, 0.6) is 5.75 Å². The van der Waals surface area contributed by atoms with Gasteiger partial charge in [-0.2, -0.15) is 0 Å². The Morgan fingerprint density at radius 3 is 2.59 bits per heavy atom. The minimum Gasteiger partial charge on any atom is -0.492 e. The number of hydroxylamine groups is 2. The van der Waals surface area contributed by atoms with Gasteiger partial charge < -0.3 is 9.64 Å². The highest BCUT2D eigenvalue weighted by Crippen LogP contribution is 2.32. The molecule has 2 aromatic rings. The molecule has 1 heterocycles. The Hall–Kier alpha value is -2.44. The molecule has 0 spiro atoms. The molecule has 6 nitrogen and oxygen atoms in total. The lowest BCUT2D eigenvalue weighted by Gasteiger charge is -2.22. The van der Waals surface area contributed by atoms with Crippen LogP contribution in [0.4, 0.5) is 0 Å². The Bertz CT molecular complexity index is 770. The number of hydrogen-bond donors (Lipinski definition) is 1. The molecule has 2 aromatic carbocycles. The summed E-state index contributed by atoms with van der Waals surface area (Å²) in [5, 5.41) is 11.1. The average Bonchev–Trinajstić information content (AvgIpc) is 2.49. The van der Waals surface area contributed by atoms with Gasteiger partial charge in [-0.1, -0.05) is 12.1 Å². The van der Waals surface area contributed by atoms with E-state index in [9.17, 15) is 14.8 Å². The van der Waals surface area contributed by atoms with Gasteiger partial charge in [0.2, 0.25) is 0 Å². The third-order valence-electron chi connectivity index (χ3n) is 3.60. The average molecular weight is 300 g/mol. The van der Waals surface area contributed by atoms with Gasteiger partial charge in [-0.3, -0.25) is 14.8 Å². The lowest BCUT2D eigenvalue weighted by atomic mass is 9.95. The zero-order valence-electron chi connectivity index (χ0n) is 12.4. The van der Waals surface area contributed by atoms with Gasteiger partial charge in [0, 0.05) is 11.9 Å². The third-order valence-corrected chi connectivity index (χ3v) is 3.60. The third kappa shape index (κ3) is 2.32. The van der Waals surface area contributed by atoms with Gasteiger partial charge in [0.15, 0.2) is 0 Å². The zero-order valence-corrected chi connectivity index (χ0v) is 12.4. The molecule has 22 heavy (non-hydrogen) atoms. The number of amides is 2. The molecule has 2 amide bonds. The van der Waals surface area contributed by atoms with Crippen LogP contribution in [0.15, 0.2) is 30.3 Å². The fourth-order valence-electron chi connectivity index (χ4n) is 2.50. The Morgan fingerprint density at radius 1 is 1.14 bits per heavy atom. The van der Waals surface area contributed by atoms with Crippen LogP contribution in [-0.4, -0.2) is 54.2 Å². The van der Waals surface area contributed by atoms with Gasteiger partial charge in [0.05, 0.1) is 11.1 Å². The molecular formula is C16H16N2O4. The molecule has 0 aromatic heterocycles. The highest BCUT2D eigenvalue weighted by molar-refractivity contribution is 6.24. The van der Waals surface area contributed by atoms with E-state index in [0.29, 0.717) is 23.3 Å². The van der Waals surface area contributed by atoms with E-state index in [0.717, 1.165) is 11.9 Å². The van der Waals surface area contributed by atoms with Crippen LogP contribution in [0.3, 0.4) is 0 Å². The van der Waals surface area contributed by atoms with Gasteiger partial charge in [0.1, 0.15) is 12.4 Å². The fraction of sp³-hybridized carbons (Fsp3) is 0.250. The molecule has 6 heteroatoms. The minimum absolute atomic E-state index is 0.153. The van der Waals surface area contributed by atoms with E-state index >= 15 is 0 Å². The van der Waals surface area contributed by atoms with Crippen molar-refractivity contribution in [3.05, 3.63) is 41.5 Å². The quantitative estimate of drug-likeness (QED) is 0.688. The molecule has 0 radical (unpaired) electrons. The van der Waals surface area contributed by atoms with E-state index in [1.165, 1.54) is 0 Å². The number of benzene rings is 2. The van der Waals surface area contributed by atoms with E-state index in [-0.39, 0.29) is 10.6 Å². The van der Waals surface area contributed by atoms with Crippen molar-refractivity contribution in [2.75, 3.05) is 27.2 Å². The summed E-state index contributed by atoms with van der Waals surface area (Å²) in [7, 11) is 3.89. The SMILES string of the molecule is CN(C)CCOc1cc2c3c(cccc3c1)C(=O)N(O)C2=O. The van der Waals surface area contributed by atoms with Gasteiger partial charge >= 0.3 is 0 Å². The first-order chi connectivity index (χ1) is 10.5. The first kappa shape index (κ1) is 14.5. The molecule has 0 unspecified atom stereocenters. The maximum absolute atomic E-state index is 12.1. The predicted molar refractivity (Wildman–Crippen MR) is 80.3 cm³/mol. The summed E-state index contributed by atoms with van der Waals surface area (Å²) in [5.74, 6) is -0.895. The van der Waals surface area contributed by atoms with E-state index < -0.39 is 11.8 Å². The summed E-state index contributed by atoms with van der Waals surface area (Å²) >= 11 is 0. The standard InChI is InChI=1S/C16H16N2O4/c1-17(2)6-7-22-11-8-10-4-3-5-12-14(10)13(9-11)16(20)18(21)15(12)19/h3-5,8-9,21H,6-7H2,1-2H3.